The fraction of sp³-hybridized carbons (Fsp3) is 0.419. The number of H-pyrrole nitrogens is 1. The number of aromatic nitrogens is 2. The van der Waals surface area contributed by atoms with Crippen molar-refractivity contribution in [2.45, 2.75) is 58.8 Å². The Morgan fingerprint density at radius 2 is 1.71 bits per heavy atom. The third kappa shape index (κ3) is 5.70. The number of thiophene rings is 1. The van der Waals surface area contributed by atoms with E-state index in [0.717, 1.165) is 61.6 Å². The molecule has 0 atom stereocenters. The van der Waals surface area contributed by atoms with Gasteiger partial charge in [-0.2, -0.15) is 0 Å². The van der Waals surface area contributed by atoms with Crippen LogP contribution in [0.5, 0.6) is 0 Å². The third-order valence-electron chi connectivity index (χ3n) is 7.68. The largest absolute Gasteiger partial charge is 0.346 e. The predicted molar refractivity (Wildman–Crippen MR) is 162 cm³/mol. The highest BCUT2D eigenvalue weighted by Crippen LogP contribution is 2.41. The summed E-state index contributed by atoms with van der Waals surface area (Å²) in [6, 6.07) is 13.1. The summed E-state index contributed by atoms with van der Waals surface area (Å²) < 4.78 is 2.11. The maximum absolute atomic E-state index is 13.4. The van der Waals surface area contributed by atoms with Gasteiger partial charge in [-0.25, -0.2) is 0 Å². The fourth-order valence-electron chi connectivity index (χ4n) is 5.55. The lowest BCUT2D eigenvalue weighted by Crippen LogP contribution is -2.41. The van der Waals surface area contributed by atoms with Crippen LogP contribution in [0.3, 0.4) is 0 Å². The molecule has 3 aromatic heterocycles. The van der Waals surface area contributed by atoms with Crippen LogP contribution in [0.25, 0.3) is 21.5 Å². The first-order valence-electron chi connectivity index (χ1n) is 13.6. The van der Waals surface area contributed by atoms with Crippen molar-refractivity contribution >= 4 is 40.3 Å². The van der Waals surface area contributed by atoms with Crippen molar-refractivity contribution in [1.82, 2.24) is 19.2 Å². The number of carbonyl (C=O) groups excluding carboxylic acids is 1. The van der Waals surface area contributed by atoms with Gasteiger partial charge in [0.25, 0.3) is 0 Å². The zero-order valence-electron chi connectivity index (χ0n) is 22.9. The lowest BCUT2D eigenvalue weighted by atomic mass is 9.89. The minimum Gasteiger partial charge on any atom is -0.346 e. The van der Waals surface area contributed by atoms with Crippen LogP contribution < -0.4 is 0 Å². The van der Waals surface area contributed by atoms with E-state index in [1.807, 2.05) is 17.3 Å². The maximum atomic E-state index is 13.4. The number of nitrogens with zero attached hydrogens (tertiary/aromatic N) is 3. The summed E-state index contributed by atoms with van der Waals surface area (Å²) in [6.45, 7) is 11.9. The fourth-order valence-corrected chi connectivity index (χ4v) is 6.93. The monoisotopic (exact) mass is 546 g/mol. The standard InChI is InChI=1S/C31H38N4OS2/c1-21-17-22(2)19-24(18-21)28-25(10-16-35(37)15-9-23-7-11-32-12-8-23)26-20-27(38-29(26)33-28)31(3,4)30(36)34-13-5-6-14-34/h7-8,11-12,17-20,33,37H,5-6,9-10,13-16H2,1-4H3. The van der Waals surface area contributed by atoms with Gasteiger partial charge in [-0.1, -0.05) is 30.0 Å². The summed E-state index contributed by atoms with van der Waals surface area (Å²) in [5, 5.41) is 1.23. The van der Waals surface area contributed by atoms with Gasteiger partial charge in [0.15, 0.2) is 0 Å². The molecule has 7 heteroatoms. The zero-order valence-corrected chi connectivity index (χ0v) is 24.6. The molecule has 1 fully saturated rings. The Morgan fingerprint density at radius 1 is 1.05 bits per heavy atom. The molecule has 0 unspecified atom stereocenters. The van der Waals surface area contributed by atoms with Crippen molar-refractivity contribution < 1.29 is 4.79 Å². The first kappa shape index (κ1) is 27.0. The Kier molecular flexibility index (Phi) is 7.98. The van der Waals surface area contributed by atoms with Gasteiger partial charge in [0, 0.05) is 48.8 Å². The number of hydrogen-bond acceptors (Lipinski definition) is 5. The molecule has 1 aliphatic rings. The number of pyridine rings is 1. The summed E-state index contributed by atoms with van der Waals surface area (Å²) >= 11 is 6.54. The second kappa shape index (κ2) is 11.2. The van der Waals surface area contributed by atoms with Crippen molar-refractivity contribution in [3.8, 4) is 11.3 Å². The number of carbonyl (C=O) groups is 1. The van der Waals surface area contributed by atoms with Gasteiger partial charge >= 0.3 is 0 Å². The molecule has 4 aromatic rings. The van der Waals surface area contributed by atoms with E-state index in [4.69, 9.17) is 12.8 Å². The number of aryl methyl sites for hydroxylation is 2. The van der Waals surface area contributed by atoms with E-state index in [2.05, 4.69) is 78.4 Å². The van der Waals surface area contributed by atoms with E-state index in [0.29, 0.717) is 0 Å². The smallest absolute Gasteiger partial charge is 0.233 e. The highest BCUT2D eigenvalue weighted by molar-refractivity contribution is 7.77. The number of fused-ring (bicyclic) bond motifs is 1. The van der Waals surface area contributed by atoms with Crippen LogP contribution in [0, 0.1) is 13.8 Å². The number of hydrogen-bond donors (Lipinski definition) is 2. The molecule has 0 spiro atoms. The van der Waals surface area contributed by atoms with E-state index < -0.39 is 5.41 Å². The SMILES string of the molecule is Cc1cc(C)cc(-c2[nH]c3sc(C(C)(C)C(=O)N4CCCC4)cc3c2CCN(S)CCc2ccncc2)c1. The molecule has 1 aliphatic heterocycles. The van der Waals surface area contributed by atoms with Gasteiger partial charge in [0.05, 0.1) is 11.1 Å². The van der Waals surface area contributed by atoms with E-state index >= 15 is 0 Å². The molecule has 1 amide bonds. The van der Waals surface area contributed by atoms with Gasteiger partial charge < -0.3 is 9.88 Å². The number of aromatic amines is 1. The lowest BCUT2D eigenvalue weighted by molar-refractivity contribution is -0.135. The normalized spacial score (nSPS) is 14.2. The van der Waals surface area contributed by atoms with Crippen LogP contribution in [-0.4, -0.2) is 51.3 Å². The number of nitrogens with one attached hydrogen (secondary N) is 1. The van der Waals surface area contributed by atoms with Crippen LogP contribution in [0.2, 0.25) is 0 Å². The first-order valence-corrected chi connectivity index (χ1v) is 14.8. The summed E-state index contributed by atoms with van der Waals surface area (Å²) in [6.07, 6.45) is 7.71. The Bertz CT molecular complexity index is 1400. The third-order valence-corrected chi connectivity index (χ3v) is 9.45. The minimum atomic E-state index is -0.535. The highest BCUT2D eigenvalue weighted by atomic mass is 32.1. The summed E-state index contributed by atoms with van der Waals surface area (Å²) in [7, 11) is 0. The Morgan fingerprint density at radius 3 is 2.39 bits per heavy atom. The van der Waals surface area contributed by atoms with Gasteiger partial charge in [-0.15, -0.1) is 11.3 Å². The van der Waals surface area contributed by atoms with E-state index in [9.17, 15) is 4.79 Å². The van der Waals surface area contributed by atoms with E-state index in [-0.39, 0.29) is 5.91 Å². The number of thiol groups is 1. The zero-order chi connectivity index (χ0) is 26.9. The molecule has 0 bridgehead atoms. The van der Waals surface area contributed by atoms with Gasteiger partial charge in [0.2, 0.25) is 5.91 Å². The molecule has 1 saturated heterocycles. The second-order valence-corrected chi connectivity index (χ2v) is 12.8. The number of benzene rings is 1. The molecule has 0 saturated carbocycles. The second-order valence-electron chi connectivity index (χ2n) is 11.1. The van der Waals surface area contributed by atoms with Crippen LogP contribution in [0.4, 0.5) is 0 Å². The van der Waals surface area contributed by atoms with Crippen molar-refractivity contribution in [2.24, 2.45) is 0 Å². The van der Waals surface area contributed by atoms with Crippen molar-refractivity contribution in [2.75, 3.05) is 26.2 Å². The molecule has 38 heavy (non-hydrogen) atoms. The number of likely N-dealkylation sites (tertiary alicyclic amines) is 1. The van der Waals surface area contributed by atoms with Crippen LogP contribution in [0.1, 0.15) is 53.8 Å². The number of rotatable bonds is 9. The van der Waals surface area contributed by atoms with E-state index in [1.54, 1.807) is 11.3 Å². The predicted octanol–water partition coefficient (Wildman–Crippen LogP) is 6.74. The van der Waals surface area contributed by atoms with Gasteiger partial charge in [0.1, 0.15) is 4.83 Å². The molecule has 0 radical (unpaired) electrons. The van der Waals surface area contributed by atoms with Crippen LogP contribution >= 0.6 is 24.2 Å². The Balaban J connectivity index is 1.44. The molecule has 4 heterocycles. The molecular formula is C31H38N4OS2. The Labute approximate surface area is 235 Å². The molecule has 5 rings (SSSR count). The molecule has 1 N–H and O–H groups in total. The Hall–Kier alpha value is -2.61. The average Bonchev–Trinajstić information content (AvgIpc) is 3.63. The first-order chi connectivity index (χ1) is 18.2. The summed E-state index contributed by atoms with van der Waals surface area (Å²) in [5.74, 6) is 0.243. The highest BCUT2D eigenvalue weighted by Gasteiger charge is 2.37. The minimum absolute atomic E-state index is 0.243. The van der Waals surface area contributed by atoms with Crippen LogP contribution in [0.15, 0.2) is 48.8 Å². The molecule has 5 nitrogen and oxygen atoms in total. The lowest BCUT2D eigenvalue weighted by Gasteiger charge is -2.28. The topological polar surface area (TPSA) is 52.2 Å². The summed E-state index contributed by atoms with van der Waals surface area (Å²) in [4.78, 5) is 25.6. The van der Waals surface area contributed by atoms with Crippen molar-refractivity contribution in [1.29, 1.82) is 0 Å². The maximum Gasteiger partial charge on any atom is 0.233 e. The van der Waals surface area contributed by atoms with Gasteiger partial charge in [-0.3, -0.25) is 14.1 Å². The molecule has 200 valence electrons. The van der Waals surface area contributed by atoms with Crippen molar-refractivity contribution in [3.05, 3.63) is 75.9 Å². The van der Waals surface area contributed by atoms with Crippen molar-refractivity contribution in [3.63, 3.8) is 0 Å². The van der Waals surface area contributed by atoms with Crippen LogP contribution in [-0.2, 0) is 23.1 Å². The van der Waals surface area contributed by atoms with E-state index in [1.165, 1.54) is 38.9 Å². The number of amides is 1. The average molecular weight is 547 g/mol. The summed E-state index contributed by atoms with van der Waals surface area (Å²) in [5.41, 5.74) is 6.96. The molecule has 0 aliphatic carbocycles. The molecule has 1 aromatic carbocycles. The molecular weight excluding hydrogens is 509 g/mol. The van der Waals surface area contributed by atoms with Gasteiger partial charge in [-0.05, 0) is 100 Å². The quantitative estimate of drug-likeness (QED) is 0.229.